The number of carbonyl (C=O) groups is 2. The lowest BCUT2D eigenvalue weighted by molar-refractivity contribution is -0.127. The first-order valence-corrected chi connectivity index (χ1v) is 8.48. The van der Waals surface area contributed by atoms with Crippen molar-refractivity contribution in [3.63, 3.8) is 0 Å². The molecule has 0 saturated heterocycles. The maximum Gasteiger partial charge on any atom is 0.250 e. The second kappa shape index (κ2) is 8.67. The van der Waals surface area contributed by atoms with Crippen molar-refractivity contribution in [1.29, 1.82) is 0 Å². The molecule has 1 unspecified atom stereocenters. The van der Waals surface area contributed by atoms with Crippen LogP contribution >= 0.6 is 0 Å². The first-order valence-electron chi connectivity index (χ1n) is 8.48. The molecule has 25 heavy (non-hydrogen) atoms. The van der Waals surface area contributed by atoms with E-state index in [1.807, 2.05) is 43.0 Å². The average molecular weight is 346 g/mol. The molecule has 0 aliphatic carbocycles. The summed E-state index contributed by atoms with van der Waals surface area (Å²) in [6, 6.07) is 7.45. The van der Waals surface area contributed by atoms with Crippen molar-refractivity contribution in [2.75, 3.05) is 26.8 Å². The highest BCUT2D eigenvalue weighted by molar-refractivity contribution is 5.96. The van der Waals surface area contributed by atoms with Crippen LogP contribution in [0.15, 0.2) is 35.4 Å². The number of hydrogen-bond acceptors (Lipinski definition) is 4. The van der Waals surface area contributed by atoms with E-state index in [0.29, 0.717) is 26.1 Å². The molecule has 2 amide bonds. The molecule has 6 nitrogen and oxygen atoms in total. The van der Waals surface area contributed by atoms with Gasteiger partial charge in [0.15, 0.2) is 0 Å². The number of ether oxygens (including phenoxy) is 2. The molecule has 0 aromatic heterocycles. The lowest BCUT2D eigenvalue weighted by Crippen LogP contribution is -2.32. The number of amides is 2. The number of rotatable bonds is 9. The third kappa shape index (κ3) is 4.82. The van der Waals surface area contributed by atoms with Crippen LogP contribution in [0.25, 0.3) is 0 Å². The van der Waals surface area contributed by atoms with E-state index in [-0.39, 0.29) is 5.91 Å². The van der Waals surface area contributed by atoms with E-state index in [1.165, 1.54) is 7.11 Å². The Kier molecular flexibility index (Phi) is 6.58. The average Bonchev–Trinajstić information content (AvgIpc) is 2.87. The van der Waals surface area contributed by atoms with Crippen molar-refractivity contribution in [2.24, 2.45) is 5.73 Å². The number of nitrogens with zero attached hydrogens (tertiary/aromatic N) is 1. The molecule has 2 N–H and O–H groups in total. The number of carbonyl (C=O) groups excluding carboxylic acids is 2. The van der Waals surface area contributed by atoms with Gasteiger partial charge in [-0.25, -0.2) is 0 Å². The van der Waals surface area contributed by atoms with Crippen molar-refractivity contribution >= 4 is 11.8 Å². The molecule has 0 bridgehead atoms. The predicted molar refractivity (Wildman–Crippen MR) is 95.2 cm³/mol. The van der Waals surface area contributed by atoms with Crippen LogP contribution in [0, 0.1) is 0 Å². The molecule has 0 spiro atoms. The molecule has 0 radical (unpaired) electrons. The van der Waals surface area contributed by atoms with Crippen LogP contribution in [0.4, 0.5) is 0 Å². The monoisotopic (exact) mass is 346 g/mol. The summed E-state index contributed by atoms with van der Waals surface area (Å²) in [5, 5.41) is 0. The van der Waals surface area contributed by atoms with Crippen molar-refractivity contribution in [1.82, 2.24) is 4.90 Å². The summed E-state index contributed by atoms with van der Waals surface area (Å²) in [7, 11) is 1.47. The molecular formula is C19H26N2O4. The highest BCUT2D eigenvalue weighted by atomic mass is 16.5. The van der Waals surface area contributed by atoms with Gasteiger partial charge >= 0.3 is 0 Å². The Morgan fingerprint density at radius 1 is 1.32 bits per heavy atom. The molecule has 1 aromatic rings. The SMILES string of the molecule is CCC1=C(C)CN(CCOc2ccc(CC(OC)C(N)=O)cc2)C1=O. The minimum atomic E-state index is -0.628. The Labute approximate surface area is 148 Å². The van der Waals surface area contributed by atoms with Crippen LogP contribution in [0.3, 0.4) is 0 Å². The molecule has 1 heterocycles. The smallest absolute Gasteiger partial charge is 0.250 e. The second-order valence-electron chi connectivity index (χ2n) is 6.16. The fourth-order valence-corrected chi connectivity index (χ4v) is 2.97. The number of nitrogens with two attached hydrogens (primary N) is 1. The summed E-state index contributed by atoms with van der Waals surface area (Å²) in [6.45, 7) is 5.71. The summed E-state index contributed by atoms with van der Waals surface area (Å²) < 4.78 is 10.8. The molecule has 136 valence electrons. The topological polar surface area (TPSA) is 81.9 Å². The first-order chi connectivity index (χ1) is 12.0. The Bertz CT molecular complexity index is 652. The van der Waals surface area contributed by atoms with Gasteiger partial charge in [0.2, 0.25) is 11.8 Å². The summed E-state index contributed by atoms with van der Waals surface area (Å²) in [6.07, 6.45) is 0.576. The lowest BCUT2D eigenvalue weighted by atomic mass is 10.1. The molecule has 0 fully saturated rings. The van der Waals surface area contributed by atoms with Crippen molar-refractivity contribution in [2.45, 2.75) is 32.8 Å². The van der Waals surface area contributed by atoms with Gasteiger partial charge in [-0.3, -0.25) is 9.59 Å². The van der Waals surface area contributed by atoms with Gasteiger partial charge in [0.05, 0.1) is 6.54 Å². The minimum Gasteiger partial charge on any atom is -0.492 e. The third-order valence-electron chi connectivity index (χ3n) is 4.42. The van der Waals surface area contributed by atoms with Gasteiger partial charge in [-0.1, -0.05) is 19.1 Å². The van der Waals surface area contributed by atoms with Crippen molar-refractivity contribution in [3.8, 4) is 5.75 Å². The maximum absolute atomic E-state index is 12.2. The summed E-state index contributed by atoms with van der Waals surface area (Å²) in [4.78, 5) is 25.2. The Morgan fingerprint density at radius 3 is 2.52 bits per heavy atom. The Hall–Kier alpha value is -2.34. The molecule has 2 rings (SSSR count). The van der Waals surface area contributed by atoms with E-state index in [1.54, 1.807) is 0 Å². The maximum atomic E-state index is 12.2. The van der Waals surface area contributed by atoms with E-state index in [2.05, 4.69) is 0 Å². The van der Waals surface area contributed by atoms with Gasteiger partial charge in [-0.2, -0.15) is 0 Å². The highest BCUT2D eigenvalue weighted by Gasteiger charge is 2.26. The Morgan fingerprint density at radius 2 is 2.00 bits per heavy atom. The summed E-state index contributed by atoms with van der Waals surface area (Å²) >= 11 is 0. The molecule has 1 aliphatic heterocycles. The lowest BCUT2D eigenvalue weighted by Gasteiger charge is -2.17. The minimum absolute atomic E-state index is 0.121. The zero-order valence-corrected chi connectivity index (χ0v) is 15.1. The second-order valence-corrected chi connectivity index (χ2v) is 6.16. The van der Waals surface area contributed by atoms with E-state index in [0.717, 1.165) is 28.9 Å². The molecule has 1 atom stereocenters. The van der Waals surface area contributed by atoms with Gasteiger partial charge in [0, 0.05) is 25.6 Å². The molecule has 1 aliphatic rings. The van der Waals surface area contributed by atoms with Crippen LogP contribution < -0.4 is 10.5 Å². The van der Waals surface area contributed by atoms with Crippen molar-refractivity contribution < 1.29 is 19.1 Å². The first kappa shape index (κ1) is 19.0. The predicted octanol–water partition coefficient (Wildman–Crippen LogP) is 1.68. The third-order valence-corrected chi connectivity index (χ3v) is 4.42. The fourth-order valence-electron chi connectivity index (χ4n) is 2.97. The van der Waals surface area contributed by atoms with E-state index >= 15 is 0 Å². The van der Waals surface area contributed by atoms with Gasteiger partial charge < -0.3 is 20.1 Å². The Balaban J connectivity index is 1.81. The summed E-state index contributed by atoms with van der Waals surface area (Å²) in [5.41, 5.74) is 8.29. The number of benzene rings is 1. The van der Waals surface area contributed by atoms with Gasteiger partial charge in [-0.15, -0.1) is 0 Å². The molecule has 6 heteroatoms. The number of hydrogen-bond donors (Lipinski definition) is 1. The largest absolute Gasteiger partial charge is 0.492 e. The zero-order valence-electron chi connectivity index (χ0n) is 15.1. The van der Waals surface area contributed by atoms with Crippen LogP contribution in [0.1, 0.15) is 25.8 Å². The molecule has 1 aromatic carbocycles. The van der Waals surface area contributed by atoms with Gasteiger partial charge in [0.1, 0.15) is 18.5 Å². The van der Waals surface area contributed by atoms with Crippen molar-refractivity contribution in [3.05, 3.63) is 41.0 Å². The molecular weight excluding hydrogens is 320 g/mol. The quantitative estimate of drug-likeness (QED) is 0.737. The summed E-state index contributed by atoms with van der Waals surface area (Å²) in [5.74, 6) is 0.369. The normalized spacial score (nSPS) is 15.6. The highest BCUT2D eigenvalue weighted by Crippen LogP contribution is 2.21. The standard InChI is InChI=1S/C19H26N2O4/c1-4-16-13(2)12-21(19(16)23)9-10-25-15-7-5-14(6-8-15)11-17(24-3)18(20)22/h5-8,17H,4,9-12H2,1-3H3,(H2,20,22). The zero-order chi connectivity index (χ0) is 18.4. The number of methoxy groups -OCH3 is 1. The van der Waals surface area contributed by atoms with Gasteiger partial charge in [-0.05, 0) is 36.6 Å². The van der Waals surface area contributed by atoms with E-state index in [9.17, 15) is 9.59 Å². The van der Waals surface area contributed by atoms with Crippen LogP contribution in [-0.4, -0.2) is 49.6 Å². The van der Waals surface area contributed by atoms with Crippen LogP contribution in [0.5, 0.6) is 5.75 Å². The molecule has 0 saturated carbocycles. The van der Waals surface area contributed by atoms with Crippen LogP contribution in [0.2, 0.25) is 0 Å². The number of primary amides is 1. The van der Waals surface area contributed by atoms with E-state index < -0.39 is 12.0 Å². The van der Waals surface area contributed by atoms with Gasteiger partial charge in [0.25, 0.3) is 0 Å². The van der Waals surface area contributed by atoms with E-state index in [4.69, 9.17) is 15.2 Å². The van der Waals surface area contributed by atoms with Crippen LogP contribution in [-0.2, 0) is 20.7 Å². The fraction of sp³-hybridized carbons (Fsp3) is 0.474.